The van der Waals surface area contributed by atoms with Gasteiger partial charge in [-0.25, -0.2) is 4.98 Å². The average Bonchev–Trinajstić information content (AvgIpc) is 2.26. The van der Waals surface area contributed by atoms with E-state index in [2.05, 4.69) is 4.98 Å². The van der Waals surface area contributed by atoms with Gasteiger partial charge in [-0.15, -0.1) is 0 Å². The summed E-state index contributed by atoms with van der Waals surface area (Å²) in [4.78, 5) is 15.8. The van der Waals surface area contributed by atoms with E-state index in [9.17, 15) is 4.79 Å². The highest BCUT2D eigenvalue weighted by Crippen LogP contribution is 2.03. The van der Waals surface area contributed by atoms with Crippen LogP contribution in [0.25, 0.3) is 0 Å². The minimum absolute atomic E-state index is 0.107. The number of nitrogens with zero attached hydrogens (tertiary/aromatic N) is 2. The van der Waals surface area contributed by atoms with Crippen molar-refractivity contribution in [2.24, 2.45) is 0 Å². The molecular formula is C11H18N2O3. The van der Waals surface area contributed by atoms with Crippen LogP contribution in [-0.4, -0.2) is 29.9 Å². The molecule has 1 rings (SSSR count). The summed E-state index contributed by atoms with van der Waals surface area (Å²) in [6, 6.07) is 1.83. The van der Waals surface area contributed by atoms with Crippen molar-refractivity contribution in [3.8, 4) is 6.01 Å². The van der Waals surface area contributed by atoms with Gasteiger partial charge >= 0.3 is 0 Å². The van der Waals surface area contributed by atoms with Crippen LogP contribution in [0.4, 0.5) is 0 Å². The largest absolute Gasteiger partial charge is 0.468 e. The standard InChI is InChI=1S/C11H18N2O3/c1-4-6-16-7-5-13-10(14)8-9(2)12-11(13)15-3/h8H,4-7H2,1-3H3. The molecule has 5 nitrogen and oxygen atoms in total. The van der Waals surface area contributed by atoms with E-state index in [1.807, 2.05) is 6.92 Å². The SMILES string of the molecule is CCCOCCn1c(OC)nc(C)cc1=O. The maximum absolute atomic E-state index is 11.7. The molecule has 90 valence electrons. The number of rotatable bonds is 6. The van der Waals surface area contributed by atoms with Gasteiger partial charge in [0.25, 0.3) is 11.6 Å². The van der Waals surface area contributed by atoms with Gasteiger partial charge in [-0.2, -0.15) is 0 Å². The van der Waals surface area contributed by atoms with Gasteiger partial charge in [-0.3, -0.25) is 9.36 Å². The zero-order valence-electron chi connectivity index (χ0n) is 10.0. The first-order valence-electron chi connectivity index (χ1n) is 5.39. The lowest BCUT2D eigenvalue weighted by atomic mass is 10.4. The second-order valence-electron chi connectivity index (χ2n) is 3.49. The Kier molecular flexibility index (Phi) is 4.98. The van der Waals surface area contributed by atoms with E-state index in [1.165, 1.54) is 17.7 Å². The Morgan fingerprint density at radius 3 is 2.81 bits per heavy atom. The molecule has 0 fully saturated rings. The molecule has 0 saturated heterocycles. The van der Waals surface area contributed by atoms with Crippen molar-refractivity contribution in [3.05, 3.63) is 22.1 Å². The zero-order valence-corrected chi connectivity index (χ0v) is 10.0. The van der Waals surface area contributed by atoms with Crippen molar-refractivity contribution in [1.29, 1.82) is 0 Å². The predicted molar refractivity (Wildman–Crippen MR) is 60.9 cm³/mol. The summed E-state index contributed by atoms with van der Waals surface area (Å²) in [5.41, 5.74) is 0.553. The molecule has 16 heavy (non-hydrogen) atoms. The van der Waals surface area contributed by atoms with E-state index < -0.39 is 0 Å². The highest BCUT2D eigenvalue weighted by molar-refractivity contribution is 5.06. The first kappa shape index (κ1) is 12.7. The van der Waals surface area contributed by atoms with Crippen molar-refractivity contribution < 1.29 is 9.47 Å². The number of hydrogen-bond acceptors (Lipinski definition) is 4. The average molecular weight is 226 g/mol. The summed E-state index contributed by atoms with van der Waals surface area (Å²) < 4.78 is 11.9. The zero-order chi connectivity index (χ0) is 12.0. The number of hydrogen-bond donors (Lipinski definition) is 0. The maximum atomic E-state index is 11.7. The second-order valence-corrected chi connectivity index (χ2v) is 3.49. The van der Waals surface area contributed by atoms with E-state index >= 15 is 0 Å². The number of aryl methyl sites for hydroxylation is 1. The van der Waals surface area contributed by atoms with Crippen molar-refractivity contribution >= 4 is 0 Å². The molecule has 0 amide bonds. The van der Waals surface area contributed by atoms with E-state index in [0.717, 1.165) is 6.42 Å². The highest BCUT2D eigenvalue weighted by atomic mass is 16.5. The molecule has 0 aliphatic heterocycles. The fourth-order valence-corrected chi connectivity index (χ4v) is 1.36. The number of ether oxygens (including phenoxy) is 2. The van der Waals surface area contributed by atoms with Crippen LogP contribution in [0.3, 0.4) is 0 Å². The van der Waals surface area contributed by atoms with E-state index in [1.54, 1.807) is 6.92 Å². The third-order valence-corrected chi connectivity index (χ3v) is 2.09. The smallest absolute Gasteiger partial charge is 0.299 e. The first-order chi connectivity index (χ1) is 7.69. The Balaban J connectivity index is 2.74. The van der Waals surface area contributed by atoms with Crippen LogP contribution in [0, 0.1) is 6.92 Å². The lowest BCUT2D eigenvalue weighted by molar-refractivity contribution is 0.123. The molecule has 0 aliphatic carbocycles. The molecule has 0 spiro atoms. The monoisotopic (exact) mass is 226 g/mol. The summed E-state index contributed by atoms with van der Waals surface area (Å²) in [5, 5.41) is 0. The Morgan fingerprint density at radius 2 is 2.19 bits per heavy atom. The summed E-state index contributed by atoms with van der Waals surface area (Å²) in [7, 11) is 1.50. The summed E-state index contributed by atoms with van der Waals surface area (Å²) >= 11 is 0. The maximum Gasteiger partial charge on any atom is 0.299 e. The summed E-state index contributed by atoms with van der Waals surface area (Å²) in [5.74, 6) is 0. The molecular weight excluding hydrogens is 208 g/mol. The van der Waals surface area contributed by atoms with Crippen LogP contribution in [-0.2, 0) is 11.3 Å². The Hall–Kier alpha value is -1.36. The molecule has 0 bridgehead atoms. The van der Waals surface area contributed by atoms with Crippen LogP contribution >= 0.6 is 0 Å². The lowest BCUT2D eigenvalue weighted by Gasteiger charge is -2.10. The predicted octanol–water partition coefficient (Wildman–Crippen LogP) is 0.987. The molecule has 0 unspecified atom stereocenters. The fraction of sp³-hybridized carbons (Fsp3) is 0.636. The van der Waals surface area contributed by atoms with Crippen LogP contribution < -0.4 is 10.3 Å². The molecule has 1 aromatic rings. The normalized spacial score (nSPS) is 10.4. The van der Waals surface area contributed by atoms with Gasteiger partial charge in [-0.1, -0.05) is 6.92 Å². The lowest BCUT2D eigenvalue weighted by Crippen LogP contribution is -2.24. The van der Waals surface area contributed by atoms with Crippen LogP contribution in [0.15, 0.2) is 10.9 Å². The molecule has 0 atom stereocenters. The van der Waals surface area contributed by atoms with Crippen LogP contribution in [0.1, 0.15) is 19.0 Å². The Morgan fingerprint density at radius 1 is 1.44 bits per heavy atom. The number of aromatic nitrogens is 2. The molecule has 0 N–H and O–H groups in total. The fourth-order valence-electron chi connectivity index (χ4n) is 1.36. The van der Waals surface area contributed by atoms with Gasteiger partial charge < -0.3 is 9.47 Å². The van der Waals surface area contributed by atoms with Crippen molar-refractivity contribution in [1.82, 2.24) is 9.55 Å². The minimum atomic E-state index is -0.107. The van der Waals surface area contributed by atoms with Crippen molar-refractivity contribution in [3.63, 3.8) is 0 Å². The number of methoxy groups -OCH3 is 1. The van der Waals surface area contributed by atoms with Crippen molar-refractivity contribution in [2.75, 3.05) is 20.3 Å². The van der Waals surface area contributed by atoms with Gasteiger partial charge in [0.15, 0.2) is 0 Å². The van der Waals surface area contributed by atoms with E-state index in [-0.39, 0.29) is 5.56 Å². The minimum Gasteiger partial charge on any atom is -0.468 e. The second kappa shape index (κ2) is 6.27. The van der Waals surface area contributed by atoms with Crippen LogP contribution in [0.5, 0.6) is 6.01 Å². The summed E-state index contributed by atoms with van der Waals surface area (Å²) in [6.45, 7) is 5.47. The topological polar surface area (TPSA) is 53.4 Å². The molecule has 1 aromatic heterocycles. The molecule has 0 aliphatic rings. The van der Waals surface area contributed by atoms with Gasteiger partial charge in [0.1, 0.15) is 0 Å². The third-order valence-electron chi connectivity index (χ3n) is 2.09. The highest BCUT2D eigenvalue weighted by Gasteiger charge is 2.06. The first-order valence-corrected chi connectivity index (χ1v) is 5.39. The van der Waals surface area contributed by atoms with E-state index in [0.29, 0.717) is 31.5 Å². The van der Waals surface area contributed by atoms with Crippen molar-refractivity contribution in [2.45, 2.75) is 26.8 Å². The molecule has 1 heterocycles. The van der Waals surface area contributed by atoms with Gasteiger partial charge in [0.2, 0.25) is 0 Å². The molecule has 0 aromatic carbocycles. The Bertz CT molecular complexity index is 387. The van der Waals surface area contributed by atoms with Gasteiger partial charge in [0.05, 0.1) is 20.3 Å². The quantitative estimate of drug-likeness (QED) is 0.679. The van der Waals surface area contributed by atoms with Crippen LogP contribution in [0.2, 0.25) is 0 Å². The summed E-state index contributed by atoms with van der Waals surface area (Å²) in [6.07, 6.45) is 0.970. The van der Waals surface area contributed by atoms with Gasteiger partial charge in [0, 0.05) is 18.4 Å². The molecule has 0 radical (unpaired) electrons. The van der Waals surface area contributed by atoms with E-state index in [4.69, 9.17) is 9.47 Å². The van der Waals surface area contributed by atoms with Gasteiger partial charge in [-0.05, 0) is 13.3 Å². The Labute approximate surface area is 95.0 Å². The molecule has 0 saturated carbocycles. The third kappa shape index (κ3) is 3.34. The molecule has 5 heteroatoms.